The van der Waals surface area contributed by atoms with Crippen molar-refractivity contribution in [1.29, 1.82) is 0 Å². The van der Waals surface area contributed by atoms with Crippen LogP contribution in [0.2, 0.25) is 0 Å². The summed E-state index contributed by atoms with van der Waals surface area (Å²) in [6.45, 7) is 4.29. The molecule has 0 saturated heterocycles. The van der Waals surface area contributed by atoms with Gasteiger partial charge in [0.05, 0.1) is 16.1 Å². The lowest BCUT2D eigenvalue weighted by atomic mass is 10.1. The molecule has 142 valence electrons. The van der Waals surface area contributed by atoms with Gasteiger partial charge in [-0.3, -0.25) is 14.9 Å². The Bertz CT molecular complexity index is 872. The SMILES string of the molecule is CC(=O)Oc1cccc(C(=O)O)c1C.Cc1c(C(=O)O)cccc1[N+](=O)[O-]. The van der Waals surface area contributed by atoms with Gasteiger partial charge in [-0.2, -0.15) is 0 Å². The summed E-state index contributed by atoms with van der Waals surface area (Å²) in [4.78, 5) is 41.8. The number of nitrogens with zero attached hydrogens (tertiary/aromatic N) is 1. The molecular formula is C18H17NO8. The van der Waals surface area contributed by atoms with Crippen LogP contribution in [0.1, 0.15) is 38.8 Å². The Morgan fingerprint density at radius 3 is 1.85 bits per heavy atom. The number of benzene rings is 2. The van der Waals surface area contributed by atoms with E-state index in [1.807, 2.05) is 0 Å². The van der Waals surface area contributed by atoms with Gasteiger partial charge in [0.15, 0.2) is 0 Å². The molecular weight excluding hydrogens is 358 g/mol. The highest BCUT2D eigenvalue weighted by Crippen LogP contribution is 2.22. The van der Waals surface area contributed by atoms with Gasteiger partial charge >= 0.3 is 17.9 Å². The Morgan fingerprint density at radius 1 is 0.926 bits per heavy atom. The number of nitro benzene ring substituents is 1. The van der Waals surface area contributed by atoms with Crippen LogP contribution in [0.3, 0.4) is 0 Å². The summed E-state index contributed by atoms with van der Waals surface area (Å²) < 4.78 is 4.83. The van der Waals surface area contributed by atoms with Crippen molar-refractivity contribution in [3.8, 4) is 5.75 Å². The van der Waals surface area contributed by atoms with E-state index in [9.17, 15) is 24.5 Å². The molecule has 0 bridgehead atoms. The summed E-state index contributed by atoms with van der Waals surface area (Å²) in [5.41, 5.74) is 0.577. The third-order valence-corrected chi connectivity index (χ3v) is 3.50. The summed E-state index contributed by atoms with van der Waals surface area (Å²) in [7, 11) is 0. The van der Waals surface area contributed by atoms with Crippen molar-refractivity contribution < 1.29 is 34.3 Å². The van der Waals surface area contributed by atoms with Crippen LogP contribution in [0.4, 0.5) is 5.69 Å². The highest BCUT2D eigenvalue weighted by Gasteiger charge is 2.16. The Kier molecular flexibility index (Phi) is 7.17. The number of aromatic carboxylic acids is 2. The molecule has 27 heavy (non-hydrogen) atoms. The summed E-state index contributed by atoms with van der Waals surface area (Å²) in [5.74, 6) is -2.36. The van der Waals surface area contributed by atoms with E-state index in [2.05, 4.69) is 0 Å². The maximum atomic E-state index is 10.7. The molecule has 0 fully saturated rings. The zero-order valence-corrected chi connectivity index (χ0v) is 14.8. The molecule has 0 aromatic heterocycles. The zero-order valence-electron chi connectivity index (χ0n) is 14.8. The third kappa shape index (κ3) is 5.63. The molecule has 0 heterocycles. The van der Waals surface area contributed by atoms with Gasteiger partial charge in [0.25, 0.3) is 5.69 Å². The van der Waals surface area contributed by atoms with Crippen LogP contribution in [-0.4, -0.2) is 33.0 Å². The summed E-state index contributed by atoms with van der Waals surface area (Å²) in [5, 5.41) is 27.8. The van der Waals surface area contributed by atoms with E-state index in [0.717, 1.165) is 0 Å². The van der Waals surface area contributed by atoms with Gasteiger partial charge in [-0.15, -0.1) is 0 Å². The lowest BCUT2D eigenvalue weighted by Gasteiger charge is -2.07. The Labute approximate surface area is 154 Å². The zero-order chi connectivity index (χ0) is 20.7. The van der Waals surface area contributed by atoms with Gasteiger partial charge in [-0.05, 0) is 32.0 Å². The Morgan fingerprint density at radius 2 is 1.41 bits per heavy atom. The second kappa shape index (κ2) is 9.09. The molecule has 0 unspecified atom stereocenters. The number of ether oxygens (including phenoxy) is 1. The first kappa shape index (κ1) is 21.3. The van der Waals surface area contributed by atoms with Crippen molar-refractivity contribution in [3.63, 3.8) is 0 Å². The number of carboxylic acids is 2. The van der Waals surface area contributed by atoms with Crippen LogP contribution in [0.5, 0.6) is 5.75 Å². The summed E-state index contributed by atoms with van der Waals surface area (Å²) in [6.07, 6.45) is 0. The van der Waals surface area contributed by atoms with Crippen LogP contribution in [0, 0.1) is 24.0 Å². The molecule has 9 heteroatoms. The molecule has 0 atom stereocenters. The first-order chi connectivity index (χ1) is 12.6. The maximum Gasteiger partial charge on any atom is 0.336 e. The molecule has 0 saturated carbocycles. The molecule has 2 rings (SSSR count). The number of carboxylic acid groups (broad SMARTS) is 2. The second-order valence-electron chi connectivity index (χ2n) is 5.34. The maximum absolute atomic E-state index is 10.7. The van der Waals surface area contributed by atoms with E-state index in [4.69, 9.17) is 14.9 Å². The predicted octanol–water partition coefficient (Wildman–Crippen LogP) is 3.22. The lowest BCUT2D eigenvalue weighted by molar-refractivity contribution is -0.385. The Balaban J connectivity index is 0.000000271. The molecule has 0 aliphatic carbocycles. The number of carbonyl (C=O) groups is 3. The largest absolute Gasteiger partial charge is 0.478 e. The molecule has 2 N–H and O–H groups in total. The van der Waals surface area contributed by atoms with E-state index in [-0.39, 0.29) is 28.1 Å². The number of hydrogen-bond acceptors (Lipinski definition) is 6. The monoisotopic (exact) mass is 375 g/mol. The fourth-order valence-electron chi connectivity index (χ4n) is 2.16. The van der Waals surface area contributed by atoms with Crippen LogP contribution >= 0.6 is 0 Å². The predicted molar refractivity (Wildman–Crippen MR) is 94.2 cm³/mol. The van der Waals surface area contributed by atoms with E-state index in [1.165, 1.54) is 44.2 Å². The van der Waals surface area contributed by atoms with Crippen molar-refractivity contribution in [2.45, 2.75) is 20.8 Å². The summed E-state index contributed by atoms with van der Waals surface area (Å²) in [6, 6.07) is 8.53. The highest BCUT2D eigenvalue weighted by molar-refractivity contribution is 5.91. The van der Waals surface area contributed by atoms with Crippen molar-refractivity contribution in [2.75, 3.05) is 0 Å². The second-order valence-corrected chi connectivity index (χ2v) is 5.34. The van der Waals surface area contributed by atoms with E-state index < -0.39 is 22.8 Å². The fraction of sp³-hybridized carbons (Fsp3) is 0.167. The fourth-order valence-corrected chi connectivity index (χ4v) is 2.16. The van der Waals surface area contributed by atoms with Crippen molar-refractivity contribution in [2.24, 2.45) is 0 Å². The van der Waals surface area contributed by atoms with Crippen LogP contribution in [0.25, 0.3) is 0 Å². The molecule has 0 amide bonds. The van der Waals surface area contributed by atoms with Crippen molar-refractivity contribution in [1.82, 2.24) is 0 Å². The number of carbonyl (C=O) groups excluding carboxylic acids is 1. The molecule has 9 nitrogen and oxygen atoms in total. The van der Waals surface area contributed by atoms with Gasteiger partial charge in [-0.25, -0.2) is 9.59 Å². The number of esters is 1. The van der Waals surface area contributed by atoms with Gasteiger partial charge in [0.2, 0.25) is 0 Å². The van der Waals surface area contributed by atoms with E-state index in [0.29, 0.717) is 5.56 Å². The van der Waals surface area contributed by atoms with Gasteiger partial charge in [0.1, 0.15) is 5.75 Å². The van der Waals surface area contributed by atoms with Gasteiger partial charge in [0, 0.05) is 24.1 Å². The number of nitro groups is 1. The van der Waals surface area contributed by atoms with Crippen LogP contribution < -0.4 is 4.74 Å². The minimum absolute atomic E-state index is 0.0331. The molecule has 0 aliphatic heterocycles. The minimum Gasteiger partial charge on any atom is -0.478 e. The molecule has 0 radical (unpaired) electrons. The standard InChI is InChI=1S/C10H10O4.C8H7NO4/c1-6-8(10(12)13)4-3-5-9(6)14-7(2)11;1-5-6(8(10)11)3-2-4-7(5)9(12)13/h3-5H,1-2H3,(H,12,13);2-4H,1H3,(H,10,11). The molecule has 2 aromatic carbocycles. The first-order valence-electron chi connectivity index (χ1n) is 7.54. The average Bonchev–Trinajstić information content (AvgIpc) is 2.56. The summed E-state index contributed by atoms with van der Waals surface area (Å²) >= 11 is 0. The normalized spacial score (nSPS) is 9.59. The van der Waals surface area contributed by atoms with Gasteiger partial charge in [-0.1, -0.05) is 12.1 Å². The van der Waals surface area contributed by atoms with Crippen LogP contribution in [0.15, 0.2) is 36.4 Å². The third-order valence-electron chi connectivity index (χ3n) is 3.50. The first-order valence-corrected chi connectivity index (χ1v) is 7.54. The van der Waals surface area contributed by atoms with Gasteiger partial charge < -0.3 is 14.9 Å². The lowest BCUT2D eigenvalue weighted by Crippen LogP contribution is -2.06. The molecule has 0 aliphatic rings. The highest BCUT2D eigenvalue weighted by atomic mass is 16.6. The smallest absolute Gasteiger partial charge is 0.336 e. The van der Waals surface area contributed by atoms with E-state index >= 15 is 0 Å². The van der Waals surface area contributed by atoms with Crippen molar-refractivity contribution in [3.05, 3.63) is 68.8 Å². The topological polar surface area (TPSA) is 144 Å². The molecule has 2 aromatic rings. The number of rotatable bonds is 4. The molecule has 0 spiro atoms. The van der Waals surface area contributed by atoms with E-state index in [1.54, 1.807) is 13.0 Å². The average molecular weight is 375 g/mol. The minimum atomic E-state index is -1.15. The number of hydrogen-bond donors (Lipinski definition) is 2. The quantitative estimate of drug-likeness (QED) is 0.359. The van der Waals surface area contributed by atoms with Crippen molar-refractivity contribution >= 4 is 23.6 Å². The Hall–Kier alpha value is -3.75. The van der Waals surface area contributed by atoms with Crippen LogP contribution in [-0.2, 0) is 4.79 Å².